The number of nitrogens with one attached hydrogen (secondary N) is 1. The molecule has 3 heterocycles. The lowest BCUT2D eigenvalue weighted by Crippen LogP contribution is -2.31. The van der Waals surface area contributed by atoms with Crippen LogP contribution in [0.5, 0.6) is 0 Å². The number of aliphatic hydroxyl groups is 1. The molecular formula is C21H22FN5O2. The summed E-state index contributed by atoms with van der Waals surface area (Å²) < 4.78 is 15.1. The highest BCUT2D eigenvalue weighted by molar-refractivity contribution is 6.04. The number of benzene rings is 1. The molecule has 1 saturated heterocycles. The molecule has 7 nitrogen and oxygen atoms in total. The molecule has 2 atom stereocenters. The fourth-order valence-corrected chi connectivity index (χ4v) is 3.69. The molecule has 150 valence electrons. The Morgan fingerprint density at radius 3 is 2.86 bits per heavy atom. The van der Waals surface area contributed by atoms with Crippen LogP contribution < -0.4 is 5.32 Å². The van der Waals surface area contributed by atoms with Gasteiger partial charge in [0.05, 0.1) is 24.5 Å². The van der Waals surface area contributed by atoms with Gasteiger partial charge in [-0.3, -0.25) is 19.4 Å². The van der Waals surface area contributed by atoms with Crippen LogP contribution >= 0.6 is 0 Å². The summed E-state index contributed by atoms with van der Waals surface area (Å²) in [6.07, 6.45) is 7.64. The third-order valence-corrected chi connectivity index (χ3v) is 5.17. The molecule has 1 aliphatic heterocycles. The van der Waals surface area contributed by atoms with Gasteiger partial charge in [0.25, 0.3) is 5.91 Å². The first-order valence-electron chi connectivity index (χ1n) is 9.47. The van der Waals surface area contributed by atoms with Crippen LogP contribution in [-0.2, 0) is 6.54 Å². The van der Waals surface area contributed by atoms with E-state index in [4.69, 9.17) is 0 Å². The topological polar surface area (TPSA) is 83.3 Å². The van der Waals surface area contributed by atoms with Crippen LogP contribution in [0.15, 0.2) is 61.2 Å². The lowest BCUT2D eigenvalue weighted by molar-refractivity contribution is 0.102. The highest BCUT2D eigenvalue weighted by atomic mass is 19.1. The normalized spacial score (nSPS) is 19.4. The maximum Gasteiger partial charge on any atom is 0.255 e. The van der Waals surface area contributed by atoms with Crippen molar-refractivity contribution in [1.29, 1.82) is 0 Å². The van der Waals surface area contributed by atoms with Crippen molar-refractivity contribution in [2.24, 2.45) is 0 Å². The molecule has 0 saturated carbocycles. The van der Waals surface area contributed by atoms with Crippen molar-refractivity contribution < 1.29 is 14.3 Å². The molecule has 3 aromatic rings. The maximum atomic E-state index is 13.3. The molecule has 4 rings (SSSR count). The molecule has 2 aromatic heterocycles. The number of halogens is 1. The van der Waals surface area contributed by atoms with E-state index < -0.39 is 5.82 Å². The minimum absolute atomic E-state index is 0.0442. The number of hydrogen-bond donors (Lipinski definition) is 2. The Balaban J connectivity index is 1.42. The van der Waals surface area contributed by atoms with Crippen molar-refractivity contribution in [2.75, 3.05) is 18.5 Å². The Bertz CT molecular complexity index is 978. The van der Waals surface area contributed by atoms with Crippen LogP contribution in [0.25, 0.3) is 0 Å². The molecule has 0 aliphatic carbocycles. The van der Waals surface area contributed by atoms with E-state index in [1.54, 1.807) is 30.9 Å². The van der Waals surface area contributed by atoms with Gasteiger partial charge in [0, 0.05) is 43.3 Å². The Morgan fingerprint density at radius 2 is 2.10 bits per heavy atom. The van der Waals surface area contributed by atoms with Gasteiger partial charge in [-0.2, -0.15) is 5.10 Å². The highest BCUT2D eigenvalue weighted by Gasteiger charge is 2.33. The van der Waals surface area contributed by atoms with Crippen LogP contribution in [0, 0.1) is 5.82 Å². The summed E-state index contributed by atoms with van der Waals surface area (Å²) in [4.78, 5) is 18.6. The minimum atomic E-state index is -0.455. The summed E-state index contributed by atoms with van der Waals surface area (Å²) >= 11 is 0. The van der Waals surface area contributed by atoms with Crippen molar-refractivity contribution >= 4 is 11.6 Å². The average Bonchev–Trinajstić information content (AvgIpc) is 3.35. The number of hydrogen-bond acceptors (Lipinski definition) is 5. The van der Waals surface area contributed by atoms with Crippen LogP contribution in [0.1, 0.15) is 28.4 Å². The Kier molecular flexibility index (Phi) is 5.64. The molecule has 1 fully saturated rings. The van der Waals surface area contributed by atoms with Gasteiger partial charge in [0.2, 0.25) is 0 Å². The Labute approximate surface area is 167 Å². The summed E-state index contributed by atoms with van der Waals surface area (Å²) in [6, 6.07) is 9.62. The molecule has 2 N–H and O–H groups in total. The van der Waals surface area contributed by atoms with Crippen molar-refractivity contribution in [3.63, 3.8) is 0 Å². The van der Waals surface area contributed by atoms with Gasteiger partial charge in [-0.15, -0.1) is 0 Å². The molecule has 1 amide bonds. The summed E-state index contributed by atoms with van der Waals surface area (Å²) in [5, 5.41) is 16.9. The molecule has 0 unspecified atom stereocenters. The zero-order valence-electron chi connectivity index (χ0n) is 15.8. The third-order valence-electron chi connectivity index (χ3n) is 5.17. The second kappa shape index (κ2) is 8.50. The van der Waals surface area contributed by atoms with E-state index in [0.29, 0.717) is 5.69 Å². The molecule has 1 aliphatic rings. The molecule has 0 spiro atoms. The van der Waals surface area contributed by atoms with Gasteiger partial charge in [-0.25, -0.2) is 4.39 Å². The first-order valence-corrected chi connectivity index (χ1v) is 9.47. The summed E-state index contributed by atoms with van der Waals surface area (Å²) in [5.74, 6) is -0.841. The monoisotopic (exact) mass is 395 g/mol. The van der Waals surface area contributed by atoms with Crippen molar-refractivity contribution in [3.8, 4) is 0 Å². The van der Waals surface area contributed by atoms with Gasteiger partial charge in [0.1, 0.15) is 5.82 Å². The maximum absolute atomic E-state index is 13.3. The number of carbonyl (C=O) groups excluding carboxylic acids is 1. The number of rotatable bonds is 6. The van der Waals surface area contributed by atoms with Gasteiger partial charge in [0.15, 0.2) is 0 Å². The van der Waals surface area contributed by atoms with Gasteiger partial charge < -0.3 is 10.4 Å². The lowest BCUT2D eigenvalue weighted by Gasteiger charge is -2.22. The number of likely N-dealkylation sites (tertiary alicyclic amines) is 1. The first-order chi connectivity index (χ1) is 14.1. The number of nitrogens with zero attached hydrogens (tertiary/aromatic N) is 4. The van der Waals surface area contributed by atoms with E-state index in [0.717, 1.165) is 25.1 Å². The van der Waals surface area contributed by atoms with E-state index >= 15 is 0 Å². The summed E-state index contributed by atoms with van der Waals surface area (Å²) in [6.45, 7) is 1.55. The summed E-state index contributed by atoms with van der Waals surface area (Å²) in [5.41, 5.74) is 1.94. The van der Waals surface area contributed by atoms with Crippen LogP contribution in [0.2, 0.25) is 0 Å². The fourth-order valence-electron chi connectivity index (χ4n) is 3.69. The smallest absolute Gasteiger partial charge is 0.255 e. The molecule has 8 heteroatoms. The van der Waals surface area contributed by atoms with Gasteiger partial charge in [-0.05, 0) is 42.3 Å². The number of amides is 1. The van der Waals surface area contributed by atoms with Crippen molar-refractivity contribution in [1.82, 2.24) is 19.7 Å². The van der Waals surface area contributed by atoms with Crippen molar-refractivity contribution in [3.05, 3.63) is 78.1 Å². The van der Waals surface area contributed by atoms with E-state index in [2.05, 4.69) is 20.3 Å². The van der Waals surface area contributed by atoms with Crippen LogP contribution in [0.3, 0.4) is 0 Å². The van der Waals surface area contributed by atoms with E-state index in [1.165, 1.54) is 18.2 Å². The number of anilines is 1. The van der Waals surface area contributed by atoms with E-state index in [9.17, 15) is 14.3 Å². The minimum Gasteiger partial charge on any atom is -0.395 e. The zero-order valence-corrected chi connectivity index (χ0v) is 15.8. The van der Waals surface area contributed by atoms with Gasteiger partial charge in [-0.1, -0.05) is 6.07 Å². The standard InChI is InChI=1S/C21H22FN5O2/c22-17-3-1-2-16(8-17)21(29)25-18-10-24-27(12-18)19-9-20(14-28)26(13-19)11-15-4-6-23-7-5-15/h1-8,10,12,19-20,28H,9,11,13-14H2,(H,25,29)/t19-,20-/m0/s1. The number of carbonyl (C=O) groups is 1. The Morgan fingerprint density at radius 1 is 1.28 bits per heavy atom. The van der Waals surface area contributed by atoms with Crippen LogP contribution in [0.4, 0.5) is 10.1 Å². The van der Waals surface area contributed by atoms with Crippen molar-refractivity contribution in [2.45, 2.75) is 25.0 Å². The lowest BCUT2D eigenvalue weighted by atomic mass is 10.2. The Hall–Kier alpha value is -3.10. The second-order valence-corrected chi connectivity index (χ2v) is 7.18. The highest BCUT2D eigenvalue weighted by Crippen LogP contribution is 2.29. The molecule has 29 heavy (non-hydrogen) atoms. The molecule has 1 aromatic carbocycles. The third kappa shape index (κ3) is 4.49. The van der Waals surface area contributed by atoms with E-state index in [1.807, 2.05) is 16.8 Å². The van der Waals surface area contributed by atoms with E-state index in [-0.39, 0.29) is 30.2 Å². The van der Waals surface area contributed by atoms with Gasteiger partial charge >= 0.3 is 0 Å². The number of aliphatic hydroxyl groups excluding tert-OH is 1. The molecule has 0 bridgehead atoms. The van der Waals surface area contributed by atoms with Crippen LogP contribution in [-0.4, -0.2) is 49.9 Å². The molecule has 0 radical (unpaired) electrons. The largest absolute Gasteiger partial charge is 0.395 e. The zero-order chi connectivity index (χ0) is 20.2. The fraction of sp³-hybridized carbons (Fsp3) is 0.286. The SMILES string of the molecule is O=C(Nc1cnn([C@H]2C[C@@H](CO)N(Cc3ccncc3)C2)c1)c1cccc(F)c1. The summed E-state index contributed by atoms with van der Waals surface area (Å²) in [7, 11) is 0. The number of pyridine rings is 1. The predicted octanol–water partition coefficient (Wildman–Crippen LogP) is 2.48. The quantitative estimate of drug-likeness (QED) is 0.670. The second-order valence-electron chi connectivity index (χ2n) is 7.18. The molecular weight excluding hydrogens is 373 g/mol. The predicted molar refractivity (Wildman–Crippen MR) is 106 cm³/mol. The average molecular weight is 395 g/mol. The number of aromatic nitrogens is 3. The first kappa shape index (κ1) is 19.2.